The van der Waals surface area contributed by atoms with E-state index in [-0.39, 0.29) is 5.54 Å². The first-order chi connectivity index (χ1) is 9.87. The summed E-state index contributed by atoms with van der Waals surface area (Å²) in [6, 6.07) is 0.450. The number of likely N-dealkylation sites (tertiary alicyclic amines) is 1. The van der Waals surface area contributed by atoms with Crippen LogP contribution in [-0.2, 0) is 6.54 Å². The minimum absolute atomic E-state index is 0.265. The van der Waals surface area contributed by atoms with Crippen molar-refractivity contribution in [1.82, 2.24) is 20.0 Å². The molecule has 3 rings (SSSR count). The van der Waals surface area contributed by atoms with Crippen molar-refractivity contribution in [2.24, 2.45) is 11.8 Å². The SMILES string of the molecule is CCn1nc(C)c(C(C)N2CC3CNCC3C2(C)C)c1C. The maximum Gasteiger partial charge on any atom is 0.0644 e. The molecule has 3 atom stereocenters. The summed E-state index contributed by atoms with van der Waals surface area (Å²) in [6.45, 7) is 18.3. The monoisotopic (exact) mass is 290 g/mol. The van der Waals surface area contributed by atoms with E-state index in [1.807, 2.05) is 0 Å². The van der Waals surface area contributed by atoms with Crippen LogP contribution in [-0.4, -0.2) is 39.9 Å². The Labute approximate surface area is 128 Å². The molecular weight excluding hydrogens is 260 g/mol. The summed E-state index contributed by atoms with van der Waals surface area (Å²) in [7, 11) is 0. The van der Waals surface area contributed by atoms with Crippen LogP contribution in [0.2, 0.25) is 0 Å². The minimum atomic E-state index is 0.265. The second-order valence-electron chi connectivity index (χ2n) is 7.41. The summed E-state index contributed by atoms with van der Waals surface area (Å²) < 4.78 is 2.15. The van der Waals surface area contributed by atoms with Gasteiger partial charge in [-0.3, -0.25) is 9.58 Å². The lowest BCUT2D eigenvalue weighted by atomic mass is 9.84. The fourth-order valence-electron chi connectivity index (χ4n) is 4.89. The molecule has 0 radical (unpaired) electrons. The van der Waals surface area contributed by atoms with Gasteiger partial charge in [0.2, 0.25) is 0 Å². The Morgan fingerprint density at radius 3 is 2.62 bits per heavy atom. The van der Waals surface area contributed by atoms with E-state index < -0.39 is 0 Å². The van der Waals surface area contributed by atoms with Crippen LogP contribution in [0.3, 0.4) is 0 Å². The van der Waals surface area contributed by atoms with Crippen LogP contribution in [0.4, 0.5) is 0 Å². The van der Waals surface area contributed by atoms with Crippen molar-refractivity contribution in [2.75, 3.05) is 19.6 Å². The Morgan fingerprint density at radius 2 is 2.05 bits per heavy atom. The van der Waals surface area contributed by atoms with Gasteiger partial charge in [-0.15, -0.1) is 0 Å². The van der Waals surface area contributed by atoms with E-state index in [4.69, 9.17) is 5.10 Å². The summed E-state index contributed by atoms with van der Waals surface area (Å²) in [4.78, 5) is 2.72. The molecule has 1 N–H and O–H groups in total. The van der Waals surface area contributed by atoms with Crippen LogP contribution in [0, 0.1) is 25.7 Å². The van der Waals surface area contributed by atoms with Crippen molar-refractivity contribution in [1.29, 1.82) is 0 Å². The molecule has 0 amide bonds. The zero-order valence-corrected chi connectivity index (χ0v) is 14.4. The highest BCUT2D eigenvalue weighted by atomic mass is 15.3. The van der Waals surface area contributed by atoms with Crippen LogP contribution >= 0.6 is 0 Å². The van der Waals surface area contributed by atoms with Gasteiger partial charge in [0, 0.05) is 42.5 Å². The summed E-state index contributed by atoms with van der Waals surface area (Å²) in [5, 5.41) is 8.29. The van der Waals surface area contributed by atoms with Crippen LogP contribution in [0.15, 0.2) is 0 Å². The van der Waals surface area contributed by atoms with Gasteiger partial charge in [-0.2, -0.15) is 5.10 Å². The van der Waals surface area contributed by atoms with Crippen molar-refractivity contribution in [3.63, 3.8) is 0 Å². The number of hydrogen-bond donors (Lipinski definition) is 1. The standard InChI is InChI=1S/C17H30N4/c1-7-21-13(4)16(11(2)19-21)12(3)20-10-14-8-18-9-15(14)17(20,5)6/h12,14-15,18H,7-10H2,1-6H3. The first-order valence-electron chi connectivity index (χ1n) is 8.39. The quantitative estimate of drug-likeness (QED) is 0.928. The number of aromatic nitrogens is 2. The fourth-order valence-corrected chi connectivity index (χ4v) is 4.89. The van der Waals surface area contributed by atoms with Crippen LogP contribution < -0.4 is 5.32 Å². The van der Waals surface area contributed by atoms with Crippen LogP contribution in [0.1, 0.15) is 50.7 Å². The van der Waals surface area contributed by atoms with Gasteiger partial charge in [0.15, 0.2) is 0 Å². The third-order valence-corrected chi connectivity index (χ3v) is 6.04. The lowest BCUT2D eigenvalue weighted by Crippen LogP contribution is -2.45. The highest BCUT2D eigenvalue weighted by Gasteiger charge is 2.51. The molecule has 2 saturated heterocycles. The fraction of sp³-hybridized carbons (Fsp3) is 0.824. The Balaban J connectivity index is 1.92. The van der Waals surface area contributed by atoms with Gasteiger partial charge in [0.25, 0.3) is 0 Å². The van der Waals surface area contributed by atoms with Gasteiger partial charge in [-0.1, -0.05) is 0 Å². The third kappa shape index (κ3) is 2.15. The van der Waals surface area contributed by atoms with Gasteiger partial charge in [-0.05, 0) is 59.9 Å². The molecule has 2 fully saturated rings. The van der Waals surface area contributed by atoms with E-state index in [0.29, 0.717) is 6.04 Å². The Morgan fingerprint density at radius 1 is 1.33 bits per heavy atom. The molecule has 118 valence electrons. The number of hydrogen-bond acceptors (Lipinski definition) is 3. The van der Waals surface area contributed by atoms with Crippen LogP contribution in [0.25, 0.3) is 0 Å². The third-order valence-electron chi connectivity index (χ3n) is 6.04. The molecule has 2 aliphatic heterocycles. The molecule has 0 aromatic carbocycles. The van der Waals surface area contributed by atoms with Crippen molar-refractivity contribution in [3.8, 4) is 0 Å². The van der Waals surface area contributed by atoms with E-state index >= 15 is 0 Å². The van der Waals surface area contributed by atoms with E-state index in [2.05, 4.69) is 56.4 Å². The summed E-state index contributed by atoms with van der Waals surface area (Å²) in [6.07, 6.45) is 0. The Hall–Kier alpha value is -0.870. The molecule has 0 saturated carbocycles. The summed E-state index contributed by atoms with van der Waals surface area (Å²) in [5.74, 6) is 1.59. The summed E-state index contributed by atoms with van der Waals surface area (Å²) in [5.41, 5.74) is 4.25. The first-order valence-corrected chi connectivity index (χ1v) is 8.39. The smallest absolute Gasteiger partial charge is 0.0644 e. The molecule has 0 spiro atoms. The number of aryl methyl sites for hydroxylation is 2. The molecule has 0 aliphatic carbocycles. The van der Waals surface area contributed by atoms with E-state index in [9.17, 15) is 0 Å². The predicted molar refractivity (Wildman–Crippen MR) is 86.4 cm³/mol. The molecule has 0 bridgehead atoms. The van der Waals surface area contributed by atoms with E-state index in [1.165, 1.54) is 36.6 Å². The molecule has 3 unspecified atom stereocenters. The molecule has 3 heterocycles. The Kier molecular flexibility index (Phi) is 3.65. The van der Waals surface area contributed by atoms with Crippen molar-refractivity contribution in [2.45, 2.75) is 59.7 Å². The molecule has 1 aromatic heterocycles. The minimum Gasteiger partial charge on any atom is -0.316 e. The topological polar surface area (TPSA) is 33.1 Å². The highest BCUT2D eigenvalue weighted by molar-refractivity contribution is 5.29. The zero-order valence-electron chi connectivity index (χ0n) is 14.4. The average Bonchev–Trinajstić information content (AvgIpc) is 3.05. The lowest BCUT2D eigenvalue weighted by Gasteiger charge is -2.40. The summed E-state index contributed by atoms with van der Waals surface area (Å²) >= 11 is 0. The van der Waals surface area contributed by atoms with Crippen molar-refractivity contribution < 1.29 is 0 Å². The maximum atomic E-state index is 4.72. The van der Waals surface area contributed by atoms with Crippen molar-refractivity contribution in [3.05, 3.63) is 17.0 Å². The zero-order chi connectivity index (χ0) is 15.4. The number of fused-ring (bicyclic) bond motifs is 1. The van der Waals surface area contributed by atoms with E-state index in [1.54, 1.807) is 0 Å². The largest absolute Gasteiger partial charge is 0.316 e. The molecule has 4 heteroatoms. The number of nitrogens with zero attached hydrogens (tertiary/aromatic N) is 3. The van der Waals surface area contributed by atoms with Crippen molar-refractivity contribution >= 4 is 0 Å². The molecule has 2 aliphatic rings. The van der Waals surface area contributed by atoms with Gasteiger partial charge in [-0.25, -0.2) is 0 Å². The van der Waals surface area contributed by atoms with Gasteiger partial charge in [0.1, 0.15) is 0 Å². The van der Waals surface area contributed by atoms with Crippen LogP contribution in [0.5, 0.6) is 0 Å². The van der Waals surface area contributed by atoms with Gasteiger partial charge in [0.05, 0.1) is 5.69 Å². The Bertz CT molecular complexity index is 531. The van der Waals surface area contributed by atoms with Gasteiger partial charge >= 0.3 is 0 Å². The second kappa shape index (κ2) is 5.10. The predicted octanol–water partition coefficient (Wildman–Crippen LogP) is 2.51. The molecular formula is C17H30N4. The van der Waals surface area contributed by atoms with E-state index in [0.717, 1.165) is 18.4 Å². The molecule has 1 aromatic rings. The first kappa shape index (κ1) is 15.0. The molecule has 4 nitrogen and oxygen atoms in total. The lowest BCUT2D eigenvalue weighted by molar-refractivity contribution is 0.0964. The molecule has 21 heavy (non-hydrogen) atoms. The highest BCUT2D eigenvalue weighted by Crippen LogP contribution is 2.45. The second-order valence-corrected chi connectivity index (χ2v) is 7.41. The number of rotatable bonds is 3. The number of nitrogens with one attached hydrogen (secondary N) is 1. The average molecular weight is 290 g/mol. The van der Waals surface area contributed by atoms with Gasteiger partial charge < -0.3 is 5.32 Å². The maximum absolute atomic E-state index is 4.72. The normalized spacial score (nSPS) is 29.8.